The molecule has 2 N–H and O–H groups in total. The maximum absolute atomic E-state index is 6.25. The van der Waals surface area contributed by atoms with E-state index in [1.807, 2.05) is 0 Å². The zero-order valence-corrected chi connectivity index (χ0v) is 8.54. The molecule has 3 atom stereocenters. The van der Waals surface area contributed by atoms with E-state index in [2.05, 4.69) is 6.92 Å². The Morgan fingerprint density at radius 2 is 2.00 bits per heavy atom. The zero-order chi connectivity index (χ0) is 9.26. The van der Waals surface area contributed by atoms with Gasteiger partial charge in [0, 0.05) is 12.6 Å². The summed E-state index contributed by atoms with van der Waals surface area (Å²) in [6.45, 7) is 4.16. The summed E-state index contributed by atoms with van der Waals surface area (Å²) in [6, 6.07) is 0.382. The second-order valence-corrected chi connectivity index (χ2v) is 4.75. The summed E-state index contributed by atoms with van der Waals surface area (Å²) in [7, 11) is 0. The molecule has 0 spiro atoms. The third kappa shape index (κ3) is 2.23. The van der Waals surface area contributed by atoms with Crippen LogP contribution in [0.1, 0.15) is 32.6 Å². The average Bonchev–Trinajstić information content (AvgIpc) is 3.00. The first-order chi connectivity index (χ1) is 6.29. The first-order valence-corrected chi connectivity index (χ1v) is 5.62. The topological polar surface area (TPSA) is 35.2 Å². The molecular formula is C11H21NO. The van der Waals surface area contributed by atoms with Gasteiger partial charge < -0.3 is 10.5 Å². The van der Waals surface area contributed by atoms with E-state index < -0.39 is 0 Å². The van der Waals surface area contributed by atoms with Gasteiger partial charge >= 0.3 is 0 Å². The summed E-state index contributed by atoms with van der Waals surface area (Å²) in [4.78, 5) is 0. The first-order valence-electron chi connectivity index (χ1n) is 5.62. The predicted molar refractivity (Wildman–Crippen MR) is 53.4 cm³/mol. The van der Waals surface area contributed by atoms with Crippen molar-refractivity contribution < 1.29 is 4.74 Å². The fourth-order valence-corrected chi connectivity index (χ4v) is 2.43. The molecule has 0 aromatic rings. The van der Waals surface area contributed by atoms with Crippen molar-refractivity contribution in [3.05, 3.63) is 0 Å². The van der Waals surface area contributed by atoms with Gasteiger partial charge in [-0.25, -0.2) is 0 Å². The van der Waals surface area contributed by atoms with E-state index in [1.54, 1.807) is 0 Å². The van der Waals surface area contributed by atoms with Crippen molar-refractivity contribution in [2.45, 2.75) is 38.6 Å². The van der Waals surface area contributed by atoms with Crippen LogP contribution in [-0.4, -0.2) is 19.3 Å². The molecule has 2 rings (SSSR count). The minimum atomic E-state index is 0.382. The van der Waals surface area contributed by atoms with Gasteiger partial charge in [-0.05, 0) is 43.4 Å². The highest BCUT2D eigenvalue weighted by atomic mass is 16.5. The summed E-state index contributed by atoms with van der Waals surface area (Å²) < 4.78 is 5.47. The largest absolute Gasteiger partial charge is 0.381 e. The van der Waals surface area contributed by atoms with Crippen LogP contribution in [0.5, 0.6) is 0 Å². The molecule has 1 aliphatic heterocycles. The van der Waals surface area contributed by atoms with Crippen molar-refractivity contribution in [2.24, 2.45) is 23.5 Å². The molecule has 0 radical (unpaired) electrons. The van der Waals surface area contributed by atoms with Crippen LogP contribution < -0.4 is 5.73 Å². The first kappa shape index (κ1) is 9.47. The van der Waals surface area contributed by atoms with Crippen LogP contribution >= 0.6 is 0 Å². The standard InChI is InChI=1S/C11H21NO/c1-8(9-4-5-9)11(12)10-3-2-6-13-7-10/h8-11H,2-7,12H2,1H3. The molecule has 3 unspecified atom stereocenters. The maximum atomic E-state index is 6.25. The molecule has 0 amide bonds. The van der Waals surface area contributed by atoms with E-state index in [0.29, 0.717) is 17.9 Å². The van der Waals surface area contributed by atoms with Gasteiger partial charge in [-0.3, -0.25) is 0 Å². The average molecular weight is 183 g/mol. The molecule has 0 aromatic heterocycles. The van der Waals surface area contributed by atoms with Gasteiger partial charge in [0.25, 0.3) is 0 Å². The van der Waals surface area contributed by atoms with Crippen LogP contribution in [-0.2, 0) is 4.74 Å². The lowest BCUT2D eigenvalue weighted by molar-refractivity contribution is 0.0357. The van der Waals surface area contributed by atoms with Gasteiger partial charge in [0.2, 0.25) is 0 Å². The molecule has 76 valence electrons. The van der Waals surface area contributed by atoms with Crippen LogP contribution in [0.15, 0.2) is 0 Å². The SMILES string of the molecule is CC(C1CC1)C(N)C1CCCOC1. The van der Waals surface area contributed by atoms with E-state index in [1.165, 1.54) is 25.7 Å². The molecule has 13 heavy (non-hydrogen) atoms. The fraction of sp³-hybridized carbons (Fsp3) is 1.00. The Bertz CT molecular complexity index is 161. The Morgan fingerprint density at radius 1 is 1.23 bits per heavy atom. The second kappa shape index (κ2) is 3.97. The molecule has 2 heteroatoms. The third-order valence-corrected chi connectivity index (χ3v) is 3.71. The lowest BCUT2D eigenvalue weighted by atomic mass is 9.84. The van der Waals surface area contributed by atoms with Crippen molar-refractivity contribution in [1.82, 2.24) is 0 Å². The van der Waals surface area contributed by atoms with Crippen molar-refractivity contribution in [3.63, 3.8) is 0 Å². The number of hydrogen-bond donors (Lipinski definition) is 1. The number of ether oxygens (including phenoxy) is 1. The number of nitrogens with two attached hydrogens (primary N) is 1. The Hall–Kier alpha value is -0.0800. The molecule has 1 aliphatic carbocycles. The molecular weight excluding hydrogens is 162 g/mol. The molecule has 1 saturated carbocycles. The smallest absolute Gasteiger partial charge is 0.0509 e. The summed E-state index contributed by atoms with van der Waals surface area (Å²) in [5.74, 6) is 2.27. The Balaban J connectivity index is 1.82. The van der Waals surface area contributed by atoms with Crippen molar-refractivity contribution in [3.8, 4) is 0 Å². The Kier molecular flexibility index (Phi) is 2.89. The van der Waals surface area contributed by atoms with Crippen LogP contribution in [0.25, 0.3) is 0 Å². The van der Waals surface area contributed by atoms with Crippen molar-refractivity contribution in [1.29, 1.82) is 0 Å². The normalized spacial score (nSPS) is 34.2. The van der Waals surface area contributed by atoms with E-state index >= 15 is 0 Å². The molecule has 2 nitrogen and oxygen atoms in total. The highest BCUT2D eigenvalue weighted by Gasteiger charge is 2.35. The molecule has 1 saturated heterocycles. The minimum absolute atomic E-state index is 0.382. The third-order valence-electron chi connectivity index (χ3n) is 3.71. The van der Waals surface area contributed by atoms with E-state index in [0.717, 1.165) is 19.1 Å². The number of rotatable bonds is 3. The van der Waals surface area contributed by atoms with Gasteiger partial charge in [-0.1, -0.05) is 6.92 Å². The molecule has 0 aromatic carbocycles. The van der Waals surface area contributed by atoms with Crippen LogP contribution in [0.3, 0.4) is 0 Å². The highest BCUT2D eigenvalue weighted by molar-refractivity contribution is 4.88. The Morgan fingerprint density at radius 3 is 2.54 bits per heavy atom. The van der Waals surface area contributed by atoms with Gasteiger partial charge in [0.15, 0.2) is 0 Å². The van der Waals surface area contributed by atoms with E-state index in [9.17, 15) is 0 Å². The molecule has 0 bridgehead atoms. The molecule has 1 heterocycles. The van der Waals surface area contributed by atoms with Gasteiger partial charge in [-0.2, -0.15) is 0 Å². The van der Waals surface area contributed by atoms with Gasteiger partial charge in [0.05, 0.1) is 6.61 Å². The predicted octanol–water partition coefficient (Wildman–Crippen LogP) is 1.79. The molecule has 2 fully saturated rings. The zero-order valence-electron chi connectivity index (χ0n) is 8.54. The summed E-state index contributed by atoms with van der Waals surface area (Å²) in [5, 5.41) is 0. The quantitative estimate of drug-likeness (QED) is 0.724. The van der Waals surface area contributed by atoms with Crippen molar-refractivity contribution >= 4 is 0 Å². The summed E-state index contributed by atoms with van der Waals surface area (Å²) >= 11 is 0. The van der Waals surface area contributed by atoms with Crippen LogP contribution in [0, 0.1) is 17.8 Å². The number of hydrogen-bond acceptors (Lipinski definition) is 2. The second-order valence-electron chi connectivity index (χ2n) is 4.75. The minimum Gasteiger partial charge on any atom is -0.381 e. The van der Waals surface area contributed by atoms with Gasteiger partial charge in [0.1, 0.15) is 0 Å². The highest BCUT2D eigenvalue weighted by Crippen LogP contribution is 2.39. The maximum Gasteiger partial charge on any atom is 0.0509 e. The Labute approximate surface area is 80.8 Å². The summed E-state index contributed by atoms with van der Waals surface area (Å²) in [6.07, 6.45) is 5.29. The molecule has 2 aliphatic rings. The lowest BCUT2D eigenvalue weighted by Gasteiger charge is -2.31. The van der Waals surface area contributed by atoms with E-state index in [-0.39, 0.29) is 0 Å². The fourth-order valence-electron chi connectivity index (χ4n) is 2.43. The summed E-state index contributed by atoms with van der Waals surface area (Å²) in [5.41, 5.74) is 6.25. The van der Waals surface area contributed by atoms with Crippen LogP contribution in [0.4, 0.5) is 0 Å². The van der Waals surface area contributed by atoms with E-state index in [4.69, 9.17) is 10.5 Å². The monoisotopic (exact) mass is 183 g/mol. The lowest BCUT2D eigenvalue weighted by Crippen LogP contribution is -2.41. The van der Waals surface area contributed by atoms with Crippen molar-refractivity contribution in [2.75, 3.05) is 13.2 Å². The van der Waals surface area contributed by atoms with Crippen LogP contribution in [0.2, 0.25) is 0 Å². The van der Waals surface area contributed by atoms with Gasteiger partial charge in [-0.15, -0.1) is 0 Å².